The van der Waals surface area contributed by atoms with Crippen molar-refractivity contribution in [2.45, 2.75) is 13.3 Å². The molecule has 0 saturated carbocycles. The average molecular weight is 602 g/mol. The molecule has 0 aliphatic heterocycles. The van der Waals surface area contributed by atoms with Crippen molar-refractivity contribution in [1.29, 1.82) is 0 Å². The number of carbonyl (C=O) groups excluding carboxylic acids is 3. The third kappa shape index (κ3) is 7.58. The Morgan fingerprint density at radius 3 is 2.27 bits per heavy atom. The number of non-ortho nitro benzene ring substituents is 1. The average Bonchev–Trinajstić information content (AvgIpc) is 3.51. The SMILES string of the molecule is Cc1ccc(CC(=O)Nc2ccc(NC(=O)/C=C/c3ccc(-c4ccc([N+](=O)[O-])cc4)s3)cc2C(=O)c2ccccc2)cc1. The molecule has 5 aromatic rings. The van der Waals surface area contributed by atoms with Gasteiger partial charge in [0.15, 0.2) is 5.78 Å². The highest BCUT2D eigenvalue weighted by atomic mass is 32.1. The number of carbonyl (C=O) groups is 3. The van der Waals surface area contributed by atoms with Gasteiger partial charge in [0.2, 0.25) is 11.8 Å². The molecule has 2 amide bonds. The van der Waals surface area contributed by atoms with E-state index in [-0.39, 0.29) is 29.4 Å². The van der Waals surface area contributed by atoms with Crippen LogP contribution in [0.5, 0.6) is 0 Å². The number of ketones is 1. The van der Waals surface area contributed by atoms with Crippen molar-refractivity contribution in [3.8, 4) is 10.4 Å². The molecule has 0 atom stereocenters. The molecule has 0 fully saturated rings. The fourth-order valence-corrected chi connectivity index (χ4v) is 5.35. The van der Waals surface area contributed by atoms with Gasteiger partial charge in [-0.25, -0.2) is 0 Å². The van der Waals surface area contributed by atoms with Crippen LogP contribution in [0.1, 0.15) is 31.9 Å². The van der Waals surface area contributed by atoms with Crippen LogP contribution in [-0.4, -0.2) is 22.5 Å². The molecule has 2 N–H and O–H groups in total. The molecule has 0 aliphatic carbocycles. The number of hydrogen-bond donors (Lipinski definition) is 2. The van der Waals surface area contributed by atoms with Gasteiger partial charge in [0.25, 0.3) is 5.69 Å². The number of amides is 2. The Hall–Kier alpha value is -5.67. The summed E-state index contributed by atoms with van der Waals surface area (Å²) < 4.78 is 0. The van der Waals surface area contributed by atoms with Gasteiger partial charge in [-0.3, -0.25) is 24.5 Å². The van der Waals surface area contributed by atoms with Gasteiger partial charge >= 0.3 is 0 Å². The zero-order valence-electron chi connectivity index (χ0n) is 23.7. The first-order valence-corrected chi connectivity index (χ1v) is 14.5. The van der Waals surface area contributed by atoms with Crippen LogP contribution in [0, 0.1) is 17.0 Å². The van der Waals surface area contributed by atoms with Crippen molar-refractivity contribution in [2.75, 3.05) is 10.6 Å². The molecule has 0 unspecified atom stereocenters. The van der Waals surface area contributed by atoms with Crippen LogP contribution in [-0.2, 0) is 16.0 Å². The lowest BCUT2D eigenvalue weighted by Gasteiger charge is -2.13. The first kappa shape index (κ1) is 29.8. The summed E-state index contributed by atoms with van der Waals surface area (Å²) >= 11 is 1.44. The maximum absolute atomic E-state index is 13.5. The molecule has 8 nitrogen and oxygen atoms in total. The van der Waals surface area contributed by atoms with Gasteiger partial charge < -0.3 is 10.6 Å². The Labute approximate surface area is 257 Å². The van der Waals surface area contributed by atoms with Crippen LogP contribution in [0.3, 0.4) is 0 Å². The van der Waals surface area contributed by atoms with Crippen molar-refractivity contribution in [1.82, 2.24) is 0 Å². The van der Waals surface area contributed by atoms with Gasteiger partial charge in [0.05, 0.1) is 17.0 Å². The van der Waals surface area contributed by atoms with Crippen molar-refractivity contribution < 1.29 is 19.3 Å². The Balaban J connectivity index is 1.30. The molecule has 0 spiro atoms. The predicted octanol–water partition coefficient (Wildman–Crippen LogP) is 7.70. The van der Waals surface area contributed by atoms with Gasteiger partial charge in [-0.15, -0.1) is 11.3 Å². The lowest BCUT2D eigenvalue weighted by atomic mass is 10.0. The fraction of sp³-hybridized carbons (Fsp3) is 0.0571. The Bertz CT molecular complexity index is 1860. The molecule has 1 heterocycles. The topological polar surface area (TPSA) is 118 Å². The first-order valence-electron chi connectivity index (χ1n) is 13.7. The van der Waals surface area contributed by atoms with E-state index >= 15 is 0 Å². The highest BCUT2D eigenvalue weighted by molar-refractivity contribution is 7.16. The second-order valence-corrected chi connectivity index (χ2v) is 11.1. The smallest absolute Gasteiger partial charge is 0.269 e. The van der Waals surface area contributed by atoms with E-state index in [1.165, 1.54) is 29.5 Å². The molecule has 44 heavy (non-hydrogen) atoms. The number of aryl methyl sites for hydroxylation is 1. The normalized spacial score (nSPS) is 10.8. The minimum absolute atomic E-state index is 0.0217. The van der Waals surface area contributed by atoms with Gasteiger partial charge in [-0.05, 0) is 66.6 Å². The van der Waals surface area contributed by atoms with Crippen LogP contribution in [0.4, 0.5) is 17.1 Å². The van der Waals surface area contributed by atoms with E-state index in [0.717, 1.165) is 26.4 Å². The van der Waals surface area contributed by atoms with Gasteiger partial charge in [-0.1, -0.05) is 60.2 Å². The van der Waals surface area contributed by atoms with Crippen LogP contribution >= 0.6 is 11.3 Å². The largest absolute Gasteiger partial charge is 0.325 e. The van der Waals surface area contributed by atoms with Gasteiger partial charge in [0, 0.05) is 44.8 Å². The lowest BCUT2D eigenvalue weighted by molar-refractivity contribution is -0.384. The number of benzene rings is 4. The molecular formula is C35H27N3O5S. The molecular weight excluding hydrogens is 574 g/mol. The summed E-state index contributed by atoms with van der Waals surface area (Å²) in [4.78, 5) is 51.3. The zero-order valence-corrected chi connectivity index (χ0v) is 24.5. The van der Waals surface area contributed by atoms with Gasteiger partial charge in [0.1, 0.15) is 0 Å². The van der Waals surface area contributed by atoms with E-state index in [9.17, 15) is 24.5 Å². The van der Waals surface area contributed by atoms with E-state index in [0.29, 0.717) is 16.9 Å². The lowest BCUT2D eigenvalue weighted by Crippen LogP contribution is -2.18. The summed E-state index contributed by atoms with van der Waals surface area (Å²) in [7, 11) is 0. The number of anilines is 2. The summed E-state index contributed by atoms with van der Waals surface area (Å²) in [6.07, 6.45) is 3.21. The van der Waals surface area contributed by atoms with E-state index in [2.05, 4.69) is 10.6 Å². The fourth-order valence-electron chi connectivity index (χ4n) is 4.44. The van der Waals surface area contributed by atoms with Crippen LogP contribution in [0.15, 0.2) is 115 Å². The second kappa shape index (κ2) is 13.5. The Kier molecular flexibility index (Phi) is 9.17. The maximum atomic E-state index is 13.5. The standard InChI is InChI=1S/C35H27N3O5S/c1-23-7-9-24(10-8-23)21-34(40)37-31-18-13-27(22-30(31)35(41)26-5-3-2-4-6-26)36-33(39)20-17-29-16-19-32(44-29)25-11-14-28(15-12-25)38(42)43/h2-20,22H,21H2,1H3,(H,36,39)(H,37,40)/b20-17+. The molecule has 218 valence electrons. The molecule has 0 radical (unpaired) electrons. The van der Waals surface area contributed by atoms with E-state index in [1.54, 1.807) is 60.7 Å². The van der Waals surface area contributed by atoms with Crippen LogP contribution < -0.4 is 10.6 Å². The van der Waals surface area contributed by atoms with E-state index in [1.807, 2.05) is 49.4 Å². The maximum Gasteiger partial charge on any atom is 0.269 e. The van der Waals surface area contributed by atoms with Crippen molar-refractivity contribution in [2.24, 2.45) is 0 Å². The summed E-state index contributed by atoms with van der Waals surface area (Å²) in [5, 5.41) is 16.6. The number of thiophene rings is 1. The molecule has 9 heteroatoms. The first-order chi connectivity index (χ1) is 21.2. The number of nitrogens with one attached hydrogen (secondary N) is 2. The predicted molar refractivity (Wildman–Crippen MR) is 174 cm³/mol. The molecule has 1 aromatic heterocycles. The number of nitro benzene ring substituents is 1. The summed E-state index contributed by atoms with van der Waals surface area (Å²) in [6, 6.07) is 31.2. The molecule has 0 saturated heterocycles. The van der Waals surface area contributed by atoms with Crippen LogP contribution in [0.2, 0.25) is 0 Å². The minimum atomic E-state index is -0.443. The Morgan fingerprint density at radius 1 is 0.841 bits per heavy atom. The molecule has 4 aromatic carbocycles. The third-order valence-corrected chi connectivity index (χ3v) is 7.82. The number of hydrogen-bond acceptors (Lipinski definition) is 6. The third-order valence-electron chi connectivity index (χ3n) is 6.72. The van der Waals surface area contributed by atoms with Crippen LogP contribution in [0.25, 0.3) is 16.5 Å². The van der Waals surface area contributed by atoms with Crippen molar-refractivity contribution in [3.05, 3.63) is 153 Å². The van der Waals surface area contributed by atoms with Crippen molar-refractivity contribution >= 4 is 52.1 Å². The molecule has 0 aliphatic rings. The summed E-state index contributed by atoms with van der Waals surface area (Å²) in [5.74, 6) is -0.954. The highest BCUT2D eigenvalue weighted by Crippen LogP contribution is 2.30. The quantitative estimate of drug-likeness (QED) is 0.0736. The van der Waals surface area contributed by atoms with E-state index < -0.39 is 10.8 Å². The molecule has 5 rings (SSSR count). The van der Waals surface area contributed by atoms with E-state index in [4.69, 9.17) is 0 Å². The molecule has 0 bridgehead atoms. The zero-order chi connectivity index (χ0) is 31.1. The minimum Gasteiger partial charge on any atom is -0.325 e. The van der Waals surface area contributed by atoms with Gasteiger partial charge in [-0.2, -0.15) is 0 Å². The number of rotatable bonds is 10. The Morgan fingerprint density at radius 2 is 1.57 bits per heavy atom. The van der Waals surface area contributed by atoms with Crippen molar-refractivity contribution in [3.63, 3.8) is 0 Å². The summed E-state index contributed by atoms with van der Waals surface area (Å²) in [5.41, 5.74) is 4.26. The highest BCUT2D eigenvalue weighted by Gasteiger charge is 2.17. The summed E-state index contributed by atoms with van der Waals surface area (Å²) in [6.45, 7) is 1.98. The number of nitro groups is 1. The second-order valence-electron chi connectivity index (χ2n) is 9.99. The number of nitrogens with zero attached hydrogens (tertiary/aromatic N) is 1. The monoisotopic (exact) mass is 601 g/mol.